The maximum Gasteiger partial charge on any atom is 0.417 e. The number of alkyl halides is 3. The van der Waals surface area contributed by atoms with Crippen molar-refractivity contribution in [2.75, 3.05) is 11.9 Å². The van der Waals surface area contributed by atoms with Gasteiger partial charge in [-0.2, -0.15) is 13.2 Å². The Bertz CT molecular complexity index is 931. The van der Waals surface area contributed by atoms with Crippen molar-refractivity contribution in [2.45, 2.75) is 18.0 Å². The molecule has 0 radical (unpaired) electrons. The Labute approximate surface area is 156 Å². The van der Waals surface area contributed by atoms with Gasteiger partial charge in [-0.05, 0) is 36.4 Å². The third kappa shape index (κ3) is 4.83. The lowest BCUT2D eigenvalue weighted by Crippen LogP contribution is -2.23. The second-order valence-corrected chi connectivity index (χ2v) is 7.80. The highest BCUT2D eigenvalue weighted by atomic mass is 79.9. The minimum atomic E-state index is -4.58. The smallest absolute Gasteiger partial charge is 0.322 e. The lowest BCUT2D eigenvalue weighted by Gasteiger charge is -2.12. The number of anilines is 1. The number of rotatable bonds is 5. The van der Waals surface area contributed by atoms with Gasteiger partial charge in [0.05, 0.1) is 10.5 Å². The van der Waals surface area contributed by atoms with Crippen molar-refractivity contribution in [3.8, 4) is 0 Å². The highest BCUT2D eigenvalue weighted by Crippen LogP contribution is 2.36. The maximum absolute atomic E-state index is 12.9. The molecule has 0 atom stereocenters. The molecule has 2 aromatic carbocycles. The molecule has 0 aromatic heterocycles. The number of carbonyl (C=O) groups excluding carboxylic acids is 1. The molecular formula is C16H14BrF3N2O3S. The Balaban J connectivity index is 2.29. The van der Waals surface area contributed by atoms with Crippen LogP contribution >= 0.6 is 15.9 Å². The van der Waals surface area contributed by atoms with E-state index < -0.39 is 27.7 Å². The van der Waals surface area contributed by atoms with Crippen molar-refractivity contribution in [3.05, 3.63) is 58.1 Å². The highest BCUT2D eigenvalue weighted by molar-refractivity contribution is 9.10. The first kappa shape index (κ1) is 20.4. The van der Waals surface area contributed by atoms with Crippen molar-refractivity contribution in [1.29, 1.82) is 0 Å². The van der Waals surface area contributed by atoms with E-state index in [9.17, 15) is 26.4 Å². The quantitative estimate of drug-likeness (QED) is 0.722. The van der Waals surface area contributed by atoms with Crippen LogP contribution in [0.2, 0.25) is 0 Å². The molecule has 0 aliphatic heterocycles. The van der Waals surface area contributed by atoms with Crippen LogP contribution in [0.4, 0.5) is 18.9 Å². The average Bonchev–Trinajstić information content (AvgIpc) is 2.55. The first-order valence-electron chi connectivity index (χ1n) is 7.32. The van der Waals surface area contributed by atoms with Crippen LogP contribution in [-0.4, -0.2) is 20.9 Å². The molecule has 1 amide bonds. The van der Waals surface area contributed by atoms with Crippen molar-refractivity contribution in [1.82, 2.24) is 4.72 Å². The fourth-order valence-corrected chi connectivity index (χ4v) is 3.66. The maximum atomic E-state index is 12.9. The molecule has 5 nitrogen and oxygen atoms in total. The van der Waals surface area contributed by atoms with Crippen LogP contribution in [0.5, 0.6) is 0 Å². The summed E-state index contributed by atoms with van der Waals surface area (Å²) in [5.41, 5.74) is -0.996. The topological polar surface area (TPSA) is 75.3 Å². The monoisotopic (exact) mass is 450 g/mol. The lowest BCUT2D eigenvalue weighted by molar-refractivity contribution is -0.138. The molecule has 2 N–H and O–H groups in total. The number of carbonyl (C=O) groups is 1. The number of halogens is 4. The Kier molecular flexibility index (Phi) is 6.09. The molecule has 0 spiro atoms. The van der Waals surface area contributed by atoms with Gasteiger partial charge >= 0.3 is 6.18 Å². The first-order valence-corrected chi connectivity index (χ1v) is 9.60. The molecule has 0 saturated heterocycles. The van der Waals surface area contributed by atoms with E-state index in [0.29, 0.717) is 0 Å². The van der Waals surface area contributed by atoms with Crippen LogP contribution in [0.15, 0.2) is 51.8 Å². The summed E-state index contributed by atoms with van der Waals surface area (Å²) in [6.07, 6.45) is -4.58. The minimum absolute atomic E-state index is 0.000422. The molecule has 26 heavy (non-hydrogen) atoms. The van der Waals surface area contributed by atoms with Gasteiger partial charge < -0.3 is 5.32 Å². The van der Waals surface area contributed by atoms with E-state index in [1.54, 1.807) is 6.92 Å². The van der Waals surface area contributed by atoms with E-state index in [4.69, 9.17) is 0 Å². The van der Waals surface area contributed by atoms with Crippen molar-refractivity contribution in [2.24, 2.45) is 0 Å². The number of sulfonamides is 1. The fraction of sp³-hybridized carbons (Fsp3) is 0.188. The van der Waals surface area contributed by atoms with E-state index in [0.717, 1.165) is 12.1 Å². The summed E-state index contributed by atoms with van der Waals surface area (Å²) in [7, 11) is -3.76. The number of hydrogen-bond acceptors (Lipinski definition) is 3. The summed E-state index contributed by atoms with van der Waals surface area (Å²) in [4.78, 5) is 12.2. The molecule has 0 saturated carbocycles. The SMILES string of the molecule is CCNS(=O)(=O)c1cccc(C(=O)Nc2ccc(Br)c(C(F)(F)F)c2)c1. The van der Waals surface area contributed by atoms with Gasteiger partial charge in [0.1, 0.15) is 0 Å². The highest BCUT2D eigenvalue weighted by Gasteiger charge is 2.33. The van der Waals surface area contributed by atoms with Gasteiger partial charge in [-0.1, -0.05) is 28.9 Å². The second-order valence-electron chi connectivity index (χ2n) is 5.18. The van der Waals surface area contributed by atoms with Crippen molar-refractivity contribution >= 4 is 37.5 Å². The summed E-state index contributed by atoms with van der Waals surface area (Å²) in [6, 6.07) is 8.47. The van der Waals surface area contributed by atoms with E-state index in [-0.39, 0.29) is 27.2 Å². The molecule has 0 heterocycles. The second kappa shape index (κ2) is 7.77. The normalized spacial score (nSPS) is 12.0. The number of benzene rings is 2. The summed E-state index contributed by atoms with van der Waals surface area (Å²) in [6.45, 7) is 1.79. The standard InChI is InChI=1S/C16H14BrF3N2O3S/c1-2-21-26(24,25)12-5-3-4-10(8-12)15(23)22-11-6-7-14(17)13(9-11)16(18,19)20/h3-9,21H,2H2,1H3,(H,22,23). The van der Waals surface area contributed by atoms with Crippen LogP contribution in [0.25, 0.3) is 0 Å². The predicted molar refractivity (Wildman–Crippen MR) is 94.4 cm³/mol. The molecule has 0 aliphatic carbocycles. The van der Waals surface area contributed by atoms with Crippen LogP contribution in [0.1, 0.15) is 22.8 Å². The number of nitrogens with one attached hydrogen (secondary N) is 2. The third-order valence-corrected chi connectivity index (χ3v) is 5.51. The van der Waals surface area contributed by atoms with Crippen LogP contribution in [0.3, 0.4) is 0 Å². The van der Waals surface area contributed by atoms with Gasteiger partial charge in [0, 0.05) is 22.3 Å². The molecule has 0 bridgehead atoms. The molecule has 0 fully saturated rings. The average molecular weight is 451 g/mol. The van der Waals surface area contributed by atoms with Gasteiger partial charge in [-0.3, -0.25) is 4.79 Å². The Hall–Kier alpha value is -1.91. The van der Waals surface area contributed by atoms with Gasteiger partial charge in [0.15, 0.2) is 0 Å². The third-order valence-electron chi connectivity index (χ3n) is 3.27. The predicted octanol–water partition coefficient (Wildman–Crippen LogP) is 4.02. The van der Waals surface area contributed by atoms with E-state index >= 15 is 0 Å². The van der Waals surface area contributed by atoms with Crippen molar-refractivity contribution < 1.29 is 26.4 Å². The first-order chi connectivity index (χ1) is 12.0. The molecular weight excluding hydrogens is 437 g/mol. The zero-order valence-electron chi connectivity index (χ0n) is 13.4. The summed E-state index contributed by atoms with van der Waals surface area (Å²) in [5.74, 6) is -0.728. The molecule has 0 aliphatic rings. The van der Waals surface area contributed by atoms with Gasteiger partial charge in [0.2, 0.25) is 10.0 Å². The molecule has 10 heteroatoms. The van der Waals surface area contributed by atoms with Crippen LogP contribution in [0, 0.1) is 0 Å². The zero-order chi connectivity index (χ0) is 19.5. The van der Waals surface area contributed by atoms with Gasteiger partial charge in [-0.25, -0.2) is 13.1 Å². The molecule has 0 unspecified atom stereocenters. The van der Waals surface area contributed by atoms with E-state index in [1.807, 2.05) is 0 Å². The summed E-state index contributed by atoms with van der Waals surface area (Å²) in [5, 5.41) is 2.33. The molecule has 2 rings (SSSR count). The van der Waals surface area contributed by atoms with E-state index in [1.165, 1.54) is 30.3 Å². The molecule has 140 valence electrons. The Morgan fingerprint density at radius 2 is 1.85 bits per heavy atom. The molecule has 2 aromatic rings. The minimum Gasteiger partial charge on any atom is -0.322 e. The van der Waals surface area contributed by atoms with E-state index in [2.05, 4.69) is 26.0 Å². The Morgan fingerprint density at radius 3 is 2.46 bits per heavy atom. The zero-order valence-corrected chi connectivity index (χ0v) is 15.8. The number of amides is 1. The van der Waals surface area contributed by atoms with Crippen LogP contribution < -0.4 is 10.0 Å². The summed E-state index contributed by atoms with van der Waals surface area (Å²) >= 11 is 2.82. The summed E-state index contributed by atoms with van der Waals surface area (Å²) < 4.78 is 64.9. The number of hydrogen-bond donors (Lipinski definition) is 2. The van der Waals surface area contributed by atoms with Crippen LogP contribution in [-0.2, 0) is 16.2 Å². The van der Waals surface area contributed by atoms with Gasteiger partial charge in [0.25, 0.3) is 5.91 Å². The lowest BCUT2D eigenvalue weighted by atomic mass is 10.1. The van der Waals surface area contributed by atoms with Gasteiger partial charge in [-0.15, -0.1) is 0 Å². The Morgan fingerprint density at radius 1 is 1.15 bits per heavy atom. The van der Waals surface area contributed by atoms with Crippen molar-refractivity contribution in [3.63, 3.8) is 0 Å². The fourth-order valence-electron chi connectivity index (χ4n) is 2.10. The largest absolute Gasteiger partial charge is 0.417 e.